The fourth-order valence-electron chi connectivity index (χ4n) is 1.87. The zero-order valence-electron chi connectivity index (χ0n) is 11.2. The lowest BCUT2D eigenvalue weighted by Crippen LogP contribution is -2.30. The molecule has 1 aliphatic rings. The number of alkyl halides is 1. The lowest BCUT2D eigenvalue weighted by atomic mass is 10.1. The Morgan fingerprint density at radius 2 is 2.10 bits per heavy atom. The lowest BCUT2D eigenvalue weighted by molar-refractivity contribution is 0.551. The molecule has 20 heavy (non-hydrogen) atoms. The number of nitrogens with one attached hydrogen (secondary N) is 1. The Balaban J connectivity index is 2.12. The first-order valence-corrected chi connectivity index (χ1v) is 9.38. The summed E-state index contributed by atoms with van der Waals surface area (Å²) in [5.74, 6) is 0.509. The first kappa shape index (κ1) is 15.8. The summed E-state index contributed by atoms with van der Waals surface area (Å²) >= 11 is 4.51. The number of hydrogen-bond donors (Lipinski definition) is 1. The number of hydrogen-bond acceptors (Lipinski definition) is 4. The van der Waals surface area contributed by atoms with Gasteiger partial charge in [0.15, 0.2) is 0 Å². The standard InChI is InChI=1S/C12H16BrN3O2S2/c1-8(2)6-9(13)7-14-20(17,18)11-5-3-4-10-12(11)16-19-15-10/h3-5,8-9,14H,6-7H2,1-2H3. The predicted octanol–water partition coefficient (Wildman–Crippen LogP) is 3.50. The van der Waals surface area contributed by atoms with Gasteiger partial charge in [0.1, 0.15) is 16.3 Å². The molecule has 1 N–H and O–H groups in total. The number of fused-ring (bicyclic) bond motifs is 1. The zero-order valence-corrected chi connectivity index (χ0v) is 14.4. The number of nitrogens with zero attached hydrogens (tertiary/aromatic N) is 2. The van der Waals surface area contributed by atoms with Gasteiger partial charge in [0.2, 0.25) is 10.0 Å². The molecule has 1 unspecified atom stereocenters. The Bertz CT molecular complexity index is 667. The van der Waals surface area contributed by atoms with Gasteiger partial charge in [-0.25, -0.2) is 13.1 Å². The van der Waals surface area contributed by atoms with E-state index in [2.05, 4.69) is 43.2 Å². The fourth-order valence-corrected chi connectivity index (χ4v) is 4.84. The molecule has 0 amide bonds. The van der Waals surface area contributed by atoms with Gasteiger partial charge >= 0.3 is 0 Å². The smallest absolute Gasteiger partial charge is 0.210 e. The molecule has 1 aromatic carbocycles. The number of sulfonamides is 1. The Morgan fingerprint density at radius 3 is 2.80 bits per heavy atom. The van der Waals surface area contributed by atoms with Crippen LogP contribution >= 0.6 is 15.9 Å². The van der Waals surface area contributed by atoms with Crippen LogP contribution in [0.2, 0.25) is 0 Å². The van der Waals surface area contributed by atoms with Gasteiger partial charge in [-0.3, -0.25) is 0 Å². The highest BCUT2D eigenvalue weighted by Crippen LogP contribution is 2.37. The summed E-state index contributed by atoms with van der Waals surface area (Å²) < 4.78 is 35.4. The molecule has 0 saturated carbocycles. The van der Waals surface area contributed by atoms with Gasteiger partial charge in [0.25, 0.3) is 0 Å². The van der Waals surface area contributed by atoms with Crippen molar-refractivity contribution in [1.29, 1.82) is 0 Å². The molecule has 1 heterocycles. The molecular formula is C12H16BrN3O2S2. The average Bonchev–Trinajstić information content (AvgIpc) is 2.83. The Kier molecular flexibility index (Phi) is 5.11. The molecule has 1 atom stereocenters. The van der Waals surface area contributed by atoms with Crippen molar-refractivity contribution in [2.75, 3.05) is 6.54 Å². The monoisotopic (exact) mass is 377 g/mol. The summed E-state index contributed by atoms with van der Waals surface area (Å²) in [5.41, 5.74) is 1.04. The van der Waals surface area contributed by atoms with Gasteiger partial charge in [-0.15, -0.1) is 0 Å². The molecule has 0 fully saturated rings. The van der Waals surface area contributed by atoms with Crippen molar-refractivity contribution < 1.29 is 8.42 Å². The van der Waals surface area contributed by atoms with Crippen LogP contribution in [0.5, 0.6) is 0 Å². The third-order valence-corrected chi connectivity index (χ3v) is 5.46. The van der Waals surface area contributed by atoms with Crippen molar-refractivity contribution in [3.05, 3.63) is 18.2 Å². The third-order valence-electron chi connectivity index (χ3n) is 2.76. The molecule has 5 nitrogen and oxygen atoms in total. The molecule has 1 aromatic rings. The molecule has 0 saturated heterocycles. The van der Waals surface area contributed by atoms with Crippen molar-refractivity contribution in [3.8, 4) is 0 Å². The maximum atomic E-state index is 12.3. The summed E-state index contributed by atoms with van der Waals surface area (Å²) in [6, 6.07) is 4.99. The van der Waals surface area contributed by atoms with Gasteiger partial charge in [-0.2, -0.15) is 8.73 Å². The maximum Gasteiger partial charge on any atom is 0.242 e. The van der Waals surface area contributed by atoms with E-state index in [1.165, 1.54) is 0 Å². The molecule has 0 radical (unpaired) electrons. The first-order valence-electron chi connectivity index (χ1n) is 6.25. The molecular weight excluding hydrogens is 362 g/mol. The SMILES string of the molecule is CC(C)CC(Br)CNS(=O)(=O)c1cccc2c1N=S=N2. The van der Waals surface area contributed by atoms with Crippen molar-refractivity contribution in [2.24, 2.45) is 14.6 Å². The summed E-state index contributed by atoms with van der Waals surface area (Å²) in [5, 5.41) is 0. The molecule has 0 aliphatic carbocycles. The highest BCUT2D eigenvalue weighted by atomic mass is 79.9. The Morgan fingerprint density at radius 1 is 1.35 bits per heavy atom. The minimum absolute atomic E-state index is 0.116. The van der Waals surface area contributed by atoms with Crippen molar-refractivity contribution in [1.82, 2.24) is 4.72 Å². The minimum Gasteiger partial charge on any atom is -0.210 e. The van der Waals surface area contributed by atoms with E-state index >= 15 is 0 Å². The van der Waals surface area contributed by atoms with Crippen LogP contribution in [-0.4, -0.2) is 19.8 Å². The second-order valence-electron chi connectivity index (χ2n) is 4.97. The molecule has 8 heteroatoms. The van der Waals surface area contributed by atoms with E-state index in [9.17, 15) is 8.42 Å². The molecule has 2 rings (SSSR count). The van der Waals surface area contributed by atoms with E-state index in [0.29, 0.717) is 23.8 Å². The number of halogens is 1. The first-order chi connectivity index (χ1) is 9.40. The fraction of sp³-hybridized carbons (Fsp3) is 0.500. The molecule has 0 bridgehead atoms. The molecule has 0 spiro atoms. The second-order valence-corrected chi connectivity index (χ2v) is 8.53. The Hall–Kier alpha value is -0.570. The van der Waals surface area contributed by atoms with Gasteiger partial charge in [0, 0.05) is 11.4 Å². The minimum atomic E-state index is -3.56. The van der Waals surface area contributed by atoms with Crippen molar-refractivity contribution in [3.63, 3.8) is 0 Å². The quantitative estimate of drug-likeness (QED) is 0.782. The summed E-state index contributed by atoms with van der Waals surface area (Å²) in [4.78, 5) is 0.304. The highest BCUT2D eigenvalue weighted by molar-refractivity contribution is 9.09. The second kappa shape index (κ2) is 6.46. The highest BCUT2D eigenvalue weighted by Gasteiger charge is 2.23. The summed E-state index contributed by atoms with van der Waals surface area (Å²) in [6.45, 7) is 4.56. The van der Waals surface area contributed by atoms with E-state index in [0.717, 1.165) is 17.8 Å². The topological polar surface area (TPSA) is 70.9 Å². The van der Waals surface area contributed by atoms with Gasteiger partial charge in [0.05, 0.1) is 11.4 Å². The average molecular weight is 378 g/mol. The van der Waals surface area contributed by atoms with Crippen LogP contribution in [0.4, 0.5) is 11.4 Å². The summed E-state index contributed by atoms with van der Waals surface area (Å²) in [6.07, 6.45) is 0.908. The zero-order chi connectivity index (χ0) is 14.8. The van der Waals surface area contributed by atoms with Crippen LogP contribution in [0.1, 0.15) is 20.3 Å². The molecule has 110 valence electrons. The van der Waals surface area contributed by atoms with Gasteiger partial charge in [-0.05, 0) is 24.5 Å². The van der Waals surface area contributed by atoms with Crippen LogP contribution in [0.3, 0.4) is 0 Å². The van der Waals surface area contributed by atoms with Crippen LogP contribution in [0, 0.1) is 5.92 Å². The van der Waals surface area contributed by atoms with Gasteiger partial charge in [-0.1, -0.05) is 35.8 Å². The van der Waals surface area contributed by atoms with Crippen LogP contribution in [0.25, 0.3) is 0 Å². The molecule has 0 aromatic heterocycles. The lowest BCUT2D eigenvalue weighted by Gasteiger charge is -2.14. The maximum absolute atomic E-state index is 12.3. The van der Waals surface area contributed by atoms with Crippen molar-refractivity contribution >= 4 is 48.7 Å². The summed E-state index contributed by atoms with van der Waals surface area (Å²) in [7, 11) is -3.56. The van der Waals surface area contributed by atoms with Crippen LogP contribution in [0.15, 0.2) is 31.8 Å². The van der Waals surface area contributed by atoms with Crippen molar-refractivity contribution in [2.45, 2.75) is 30.0 Å². The van der Waals surface area contributed by atoms with E-state index < -0.39 is 10.0 Å². The van der Waals surface area contributed by atoms with Gasteiger partial charge < -0.3 is 0 Å². The van der Waals surface area contributed by atoms with E-state index in [4.69, 9.17) is 0 Å². The molecule has 1 aliphatic heterocycles. The third kappa shape index (κ3) is 3.75. The van der Waals surface area contributed by atoms with E-state index in [1.807, 2.05) is 0 Å². The normalized spacial score (nSPS) is 15.2. The number of benzene rings is 1. The van der Waals surface area contributed by atoms with E-state index in [1.54, 1.807) is 18.2 Å². The largest absolute Gasteiger partial charge is 0.242 e. The van der Waals surface area contributed by atoms with Crippen LogP contribution < -0.4 is 4.72 Å². The van der Waals surface area contributed by atoms with E-state index in [-0.39, 0.29) is 9.72 Å². The number of rotatable bonds is 6. The Labute approximate surface area is 131 Å². The predicted molar refractivity (Wildman–Crippen MR) is 85.3 cm³/mol. The van der Waals surface area contributed by atoms with Crippen LogP contribution in [-0.2, 0) is 21.4 Å².